The average Bonchev–Trinajstić information content (AvgIpc) is 2.66. The normalized spacial score (nSPS) is 21.6. The minimum absolute atomic E-state index is 0.0258. The van der Waals surface area contributed by atoms with Crippen LogP contribution in [0.25, 0.3) is 0 Å². The summed E-state index contributed by atoms with van der Waals surface area (Å²) in [7, 11) is -3.60. The van der Waals surface area contributed by atoms with E-state index < -0.39 is 10.0 Å². The number of nitrogens with zero attached hydrogens (tertiary/aromatic N) is 2. The monoisotopic (exact) mass is 299 g/mol. The van der Waals surface area contributed by atoms with E-state index in [9.17, 15) is 13.2 Å². The molecule has 2 rings (SSSR count). The van der Waals surface area contributed by atoms with Crippen LogP contribution >= 0.6 is 0 Å². The van der Waals surface area contributed by atoms with Crippen molar-refractivity contribution in [2.24, 2.45) is 0 Å². The number of imidazole rings is 1. The Bertz CT molecular complexity index is 579. The fourth-order valence-electron chi connectivity index (χ4n) is 2.66. The van der Waals surface area contributed by atoms with Gasteiger partial charge in [0.05, 0.1) is 6.20 Å². The lowest BCUT2D eigenvalue weighted by atomic mass is 10.1. The first-order valence-electron chi connectivity index (χ1n) is 6.94. The number of carbonyl (C=O) groups is 1. The highest BCUT2D eigenvalue weighted by Crippen LogP contribution is 2.25. The van der Waals surface area contributed by atoms with Gasteiger partial charge in [-0.1, -0.05) is 12.8 Å². The standard InChI is InChI=1S/C13H21N3O3S/c1-10(17)8-12-6-4-3-5-7-16(12)20(18,19)13-9-14-11(2)15-13/h9,12H,3-8H2,1-2H3,(H,14,15). The van der Waals surface area contributed by atoms with Gasteiger partial charge in [-0.15, -0.1) is 0 Å². The number of aryl methyl sites for hydroxylation is 1. The number of sulfonamides is 1. The van der Waals surface area contributed by atoms with Crippen LogP contribution in [0.1, 0.15) is 44.9 Å². The zero-order chi connectivity index (χ0) is 14.8. The average molecular weight is 299 g/mol. The third kappa shape index (κ3) is 3.27. The van der Waals surface area contributed by atoms with Crippen LogP contribution in [-0.2, 0) is 14.8 Å². The van der Waals surface area contributed by atoms with Gasteiger partial charge in [-0.3, -0.25) is 4.79 Å². The molecule has 0 amide bonds. The molecule has 1 N–H and O–H groups in total. The molecule has 1 fully saturated rings. The molecule has 1 aliphatic heterocycles. The lowest BCUT2D eigenvalue weighted by molar-refractivity contribution is -0.117. The lowest BCUT2D eigenvalue weighted by Crippen LogP contribution is -2.41. The lowest BCUT2D eigenvalue weighted by Gasteiger charge is -2.27. The molecule has 112 valence electrons. The number of carbonyl (C=O) groups excluding carboxylic acids is 1. The van der Waals surface area contributed by atoms with Crippen molar-refractivity contribution in [2.75, 3.05) is 6.54 Å². The van der Waals surface area contributed by atoms with Gasteiger partial charge in [0, 0.05) is 19.0 Å². The van der Waals surface area contributed by atoms with Crippen LogP contribution in [0.15, 0.2) is 11.2 Å². The van der Waals surface area contributed by atoms with Gasteiger partial charge in [0.25, 0.3) is 10.0 Å². The Balaban J connectivity index is 2.32. The van der Waals surface area contributed by atoms with Gasteiger partial charge in [0.1, 0.15) is 11.6 Å². The predicted molar refractivity (Wildman–Crippen MR) is 74.8 cm³/mol. The number of nitrogens with one attached hydrogen (secondary N) is 1. The molecule has 1 aromatic rings. The van der Waals surface area contributed by atoms with Gasteiger partial charge in [-0.05, 0) is 26.7 Å². The molecule has 6 nitrogen and oxygen atoms in total. The van der Waals surface area contributed by atoms with Crippen LogP contribution in [0, 0.1) is 6.92 Å². The second kappa shape index (κ2) is 6.05. The quantitative estimate of drug-likeness (QED) is 0.916. The van der Waals surface area contributed by atoms with E-state index in [0.717, 1.165) is 25.7 Å². The summed E-state index contributed by atoms with van der Waals surface area (Å²) in [5.74, 6) is 0.597. The fraction of sp³-hybridized carbons (Fsp3) is 0.692. The number of ketones is 1. The van der Waals surface area contributed by atoms with Crippen molar-refractivity contribution in [3.8, 4) is 0 Å². The van der Waals surface area contributed by atoms with Gasteiger partial charge in [0.2, 0.25) is 0 Å². The fourth-order valence-corrected chi connectivity index (χ4v) is 4.32. The minimum Gasteiger partial charge on any atom is -0.332 e. The summed E-state index contributed by atoms with van der Waals surface area (Å²) in [6.45, 7) is 3.70. The molecule has 1 atom stereocenters. The maximum absolute atomic E-state index is 12.7. The molecule has 2 heterocycles. The Labute approximate surface area is 119 Å². The molecule has 0 radical (unpaired) electrons. The van der Waals surface area contributed by atoms with Crippen LogP contribution in [0.4, 0.5) is 0 Å². The van der Waals surface area contributed by atoms with Gasteiger partial charge >= 0.3 is 0 Å². The van der Waals surface area contributed by atoms with Crippen molar-refractivity contribution < 1.29 is 13.2 Å². The van der Waals surface area contributed by atoms with E-state index in [0.29, 0.717) is 12.4 Å². The number of aromatic nitrogens is 2. The summed E-state index contributed by atoms with van der Waals surface area (Å²) in [5, 5.41) is 0.116. The molecular weight excluding hydrogens is 278 g/mol. The van der Waals surface area contributed by atoms with Gasteiger partial charge in [0.15, 0.2) is 5.03 Å². The molecule has 1 unspecified atom stereocenters. The SMILES string of the molecule is CC(=O)CC1CCCCCN1S(=O)(=O)c1cnc(C)[nH]1. The highest BCUT2D eigenvalue weighted by atomic mass is 32.2. The Morgan fingerprint density at radius 1 is 1.45 bits per heavy atom. The highest BCUT2D eigenvalue weighted by Gasteiger charge is 2.34. The molecule has 1 aromatic heterocycles. The predicted octanol–water partition coefficient (Wildman–Crippen LogP) is 1.63. The molecular formula is C13H21N3O3S. The van der Waals surface area contributed by atoms with E-state index in [2.05, 4.69) is 9.97 Å². The zero-order valence-electron chi connectivity index (χ0n) is 11.9. The molecule has 0 saturated carbocycles. The molecule has 20 heavy (non-hydrogen) atoms. The van der Waals surface area contributed by atoms with Crippen LogP contribution in [0.3, 0.4) is 0 Å². The van der Waals surface area contributed by atoms with Gasteiger partial charge < -0.3 is 4.98 Å². The van der Waals surface area contributed by atoms with Crippen LogP contribution in [-0.4, -0.2) is 41.1 Å². The third-order valence-corrected chi connectivity index (χ3v) is 5.47. The summed E-state index contributed by atoms with van der Waals surface area (Å²) in [5.41, 5.74) is 0. The van der Waals surface area contributed by atoms with Crippen molar-refractivity contribution in [3.05, 3.63) is 12.0 Å². The molecule has 7 heteroatoms. The molecule has 0 aromatic carbocycles. The summed E-state index contributed by atoms with van der Waals surface area (Å²) in [4.78, 5) is 18.1. The first kappa shape index (κ1) is 15.2. The molecule has 0 bridgehead atoms. The highest BCUT2D eigenvalue weighted by molar-refractivity contribution is 7.89. The minimum atomic E-state index is -3.60. The van der Waals surface area contributed by atoms with E-state index in [1.165, 1.54) is 17.4 Å². The molecule has 0 aliphatic carbocycles. The maximum Gasteiger partial charge on any atom is 0.260 e. The van der Waals surface area contributed by atoms with Gasteiger partial charge in [-0.25, -0.2) is 13.4 Å². The second-order valence-electron chi connectivity index (χ2n) is 5.36. The number of hydrogen-bond donors (Lipinski definition) is 1. The van der Waals surface area contributed by atoms with Crippen LogP contribution in [0.5, 0.6) is 0 Å². The molecule has 0 spiro atoms. The topological polar surface area (TPSA) is 83.1 Å². The summed E-state index contributed by atoms with van der Waals surface area (Å²) in [6, 6.07) is -0.233. The largest absolute Gasteiger partial charge is 0.332 e. The first-order chi connectivity index (χ1) is 9.41. The number of Topliss-reactive ketones (excluding diaryl/α,β-unsaturated/α-hetero) is 1. The summed E-state index contributed by atoms with van der Waals surface area (Å²) in [6.07, 6.45) is 5.17. The van der Waals surface area contributed by atoms with Gasteiger partial charge in [-0.2, -0.15) is 4.31 Å². The smallest absolute Gasteiger partial charge is 0.260 e. The Kier molecular flexibility index (Phi) is 4.59. The number of hydrogen-bond acceptors (Lipinski definition) is 4. The second-order valence-corrected chi connectivity index (χ2v) is 7.22. The van der Waals surface area contributed by atoms with E-state index in [-0.39, 0.29) is 23.3 Å². The van der Waals surface area contributed by atoms with Crippen LogP contribution in [0.2, 0.25) is 0 Å². The van der Waals surface area contributed by atoms with Crippen LogP contribution < -0.4 is 0 Å². The van der Waals surface area contributed by atoms with Crippen molar-refractivity contribution in [1.82, 2.24) is 14.3 Å². The Hall–Kier alpha value is -1.21. The number of aromatic amines is 1. The Morgan fingerprint density at radius 3 is 2.80 bits per heavy atom. The summed E-state index contributed by atoms with van der Waals surface area (Å²) < 4.78 is 26.9. The third-order valence-electron chi connectivity index (χ3n) is 3.61. The molecule has 1 aliphatic rings. The van der Waals surface area contributed by atoms with Crippen molar-refractivity contribution in [3.63, 3.8) is 0 Å². The van der Waals surface area contributed by atoms with E-state index in [4.69, 9.17) is 0 Å². The van der Waals surface area contributed by atoms with Crippen molar-refractivity contribution in [2.45, 2.75) is 57.0 Å². The number of H-pyrrole nitrogens is 1. The first-order valence-corrected chi connectivity index (χ1v) is 8.38. The van der Waals surface area contributed by atoms with Crippen molar-refractivity contribution >= 4 is 15.8 Å². The molecule has 1 saturated heterocycles. The number of rotatable bonds is 4. The Morgan fingerprint density at radius 2 is 2.20 bits per heavy atom. The van der Waals surface area contributed by atoms with E-state index in [1.807, 2.05) is 0 Å². The van der Waals surface area contributed by atoms with E-state index >= 15 is 0 Å². The summed E-state index contributed by atoms with van der Waals surface area (Å²) >= 11 is 0. The van der Waals surface area contributed by atoms with Crippen molar-refractivity contribution in [1.29, 1.82) is 0 Å². The van der Waals surface area contributed by atoms with E-state index in [1.54, 1.807) is 6.92 Å². The maximum atomic E-state index is 12.7. The zero-order valence-corrected chi connectivity index (χ0v) is 12.7.